The van der Waals surface area contributed by atoms with E-state index in [1.807, 2.05) is 25.1 Å². The maximum absolute atomic E-state index is 13.6. The van der Waals surface area contributed by atoms with Gasteiger partial charge in [0.05, 0.1) is 0 Å². The fourth-order valence-electron chi connectivity index (χ4n) is 2.63. The zero-order chi connectivity index (χ0) is 20.6. The van der Waals surface area contributed by atoms with Gasteiger partial charge in [-0.1, -0.05) is 42.5 Å². The molecular weight excluding hydrogens is 371 g/mol. The van der Waals surface area contributed by atoms with Gasteiger partial charge >= 0.3 is 12.1 Å². The van der Waals surface area contributed by atoms with Crippen molar-refractivity contribution in [2.24, 2.45) is 0 Å². The Bertz CT molecular complexity index is 1010. The van der Waals surface area contributed by atoms with Crippen molar-refractivity contribution in [3.8, 4) is 0 Å². The molecule has 0 aromatic heterocycles. The third-order valence-electron chi connectivity index (χ3n) is 4.17. The van der Waals surface area contributed by atoms with E-state index in [0.717, 1.165) is 5.56 Å². The molecule has 7 heteroatoms. The molecule has 0 fully saturated rings. The van der Waals surface area contributed by atoms with Crippen molar-refractivity contribution in [2.45, 2.75) is 13.5 Å². The van der Waals surface area contributed by atoms with Crippen molar-refractivity contribution in [3.63, 3.8) is 0 Å². The third kappa shape index (κ3) is 5.80. The number of urea groups is 2. The number of halogens is 1. The quantitative estimate of drug-likeness (QED) is 0.487. The highest BCUT2D eigenvalue weighted by Crippen LogP contribution is 2.20. The van der Waals surface area contributed by atoms with Gasteiger partial charge in [0, 0.05) is 29.2 Å². The van der Waals surface area contributed by atoms with Gasteiger partial charge in [0.2, 0.25) is 0 Å². The van der Waals surface area contributed by atoms with E-state index in [-0.39, 0.29) is 12.4 Å². The van der Waals surface area contributed by atoms with Gasteiger partial charge in [-0.25, -0.2) is 14.0 Å². The second kappa shape index (κ2) is 9.36. The van der Waals surface area contributed by atoms with E-state index in [1.54, 1.807) is 48.5 Å². The molecule has 29 heavy (non-hydrogen) atoms. The molecule has 148 valence electrons. The molecule has 3 aromatic carbocycles. The van der Waals surface area contributed by atoms with Gasteiger partial charge in [0.1, 0.15) is 5.82 Å². The van der Waals surface area contributed by atoms with Crippen LogP contribution in [0.15, 0.2) is 72.8 Å². The van der Waals surface area contributed by atoms with E-state index in [4.69, 9.17) is 0 Å². The molecule has 6 nitrogen and oxygen atoms in total. The summed E-state index contributed by atoms with van der Waals surface area (Å²) in [5.74, 6) is -0.375. The molecular formula is C22H21FN4O2. The predicted molar refractivity (Wildman–Crippen MR) is 113 cm³/mol. The van der Waals surface area contributed by atoms with Crippen molar-refractivity contribution in [1.82, 2.24) is 5.32 Å². The van der Waals surface area contributed by atoms with Crippen LogP contribution in [0, 0.1) is 12.7 Å². The SMILES string of the molecule is Cc1ccc(NC(=O)Nc2ccccc2)cc1NC(=O)NCc1ccccc1F. The van der Waals surface area contributed by atoms with Crippen molar-refractivity contribution in [2.75, 3.05) is 16.0 Å². The molecule has 3 aromatic rings. The summed E-state index contributed by atoms with van der Waals surface area (Å²) in [6.45, 7) is 1.90. The number of hydrogen-bond acceptors (Lipinski definition) is 2. The normalized spacial score (nSPS) is 10.1. The Balaban J connectivity index is 1.59. The van der Waals surface area contributed by atoms with Crippen LogP contribution in [0.25, 0.3) is 0 Å². The summed E-state index contributed by atoms with van der Waals surface area (Å²) < 4.78 is 13.6. The summed E-state index contributed by atoms with van der Waals surface area (Å²) in [4.78, 5) is 24.3. The first kappa shape index (κ1) is 19.9. The molecule has 0 saturated carbocycles. The van der Waals surface area contributed by atoms with Crippen LogP contribution in [-0.2, 0) is 6.54 Å². The number of hydrogen-bond donors (Lipinski definition) is 4. The highest BCUT2D eigenvalue weighted by atomic mass is 19.1. The van der Waals surface area contributed by atoms with Crippen molar-refractivity contribution >= 4 is 29.1 Å². The third-order valence-corrected chi connectivity index (χ3v) is 4.17. The van der Waals surface area contributed by atoms with E-state index in [0.29, 0.717) is 22.6 Å². The summed E-state index contributed by atoms with van der Waals surface area (Å²) in [6.07, 6.45) is 0. The molecule has 0 unspecified atom stereocenters. The Morgan fingerprint density at radius 2 is 1.48 bits per heavy atom. The van der Waals surface area contributed by atoms with E-state index >= 15 is 0 Å². The Kier molecular flexibility index (Phi) is 6.42. The monoisotopic (exact) mass is 392 g/mol. The summed E-state index contributed by atoms with van der Waals surface area (Å²) in [5, 5.41) is 10.8. The number of carbonyl (C=O) groups excluding carboxylic acids is 2. The second-order valence-electron chi connectivity index (χ2n) is 6.37. The standard InChI is InChI=1S/C22H21FN4O2/c1-15-11-12-18(26-22(29)25-17-8-3-2-4-9-17)13-20(15)27-21(28)24-14-16-7-5-6-10-19(16)23/h2-13H,14H2,1H3,(H2,24,27,28)(H2,25,26,29). The lowest BCUT2D eigenvalue weighted by molar-refractivity contribution is 0.251. The Morgan fingerprint density at radius 1 is 0.793 bits per heavy atom. The van der Waals surface area contributed by atoms with Crippen molar-refractivity contribution in [3.05, 3.63) is 89.7 Å². The fourth-order valence-corrected chi connectivity index (χ4v) is 2.63. The summed E-state index contributed by atoms with van der Waals surface area (Å²) in [6, 6.07) is 19.6. The zero-order valence-corrected chi connectivity index (χ0v) is 15.8. The zero-order valence-electron chi connectivity index (χ0n) is 15.8. The second-order valence-corrected chi connectivity index (χ2v) is 6.37. The highest BCUT2D eigenvalue weighted by molar-refractivity contribution is 6.00. The van der Waals surface area contributed by atoms with Crippen LogP contribution >= 0.6 is 0 Å². The molecule has 0 aliphatic carbocycles. The maximum atomic E-state index is 13.6. The minimum atomic E-state index is -0.470. The lowest BCUT2D eigenvalue weighted by atomic mass is 10.2. The van der Waals surface area contributed by atoms with Gasteiger partial charge in [-0.2, -0.15) is 0 Å². The summed E-state index contributed by atoms with van der Waals surface area (Å²) in [7, 11) is 0. The number of aryl methyl sites for hydroxylation is 1. The van der Waals surface area contributed by atoms with Crippen LogP contribution < -0.4 is 21.3 Å². The summed E-state index contributed by atoms with van der Waals surface area (Å²) in [5.41, 5.74) is 2.94. The molecule has 4 amide bonds. The number of amides is 4. The first-order valence-corrected chi connectivity index (χ1v) is 9.03. The lowest BCUT2D eigenvalue weighted by Crippen LogP contribution is -2.29. The molecule has 0 atom stereocenters. The fraction of sp³-hybridized carbons (Fsp3) is 0.0909. The van der Waals surface area contributed by atoms with Crippen LogP contribution in [0.4, 0.5) is 31.0 Å². The number of rotatable bonds is 5. The van der Waals surface area contributed by atoms with Crippen molar-refractivity contribution in [1.29, 1.82) is 0 Å². The molecule has 3 rings (SSSR count). The minimum Gasteiger partial charge on any atom is -0.334 e. The van der Waals surface area contributed by atoms with Gasteiger partial charge < -0.3 is 21.3 Å². The first-order chi connectivity index (χ1) is 14.0. The molecule has 0 heterocycles. The average molecular weight is 392 g/mol. The van der Waals surface area contributed by atoms with Crippen molar-refractivity contribution < 1.29 is 14.0 Å². The maximum Gasteiger partial charge on any atom is 0.323 e. The number of para-hydroxylation sites is 1. The minimum absolute atomic E-state index is 0.0645. The molecule has 0 saturated heterocycles. The van der Waals surface area contributed by atoms with Gasteiger partial charge in [0.25, 0.3) is 0 Å². The molecule has 0 aliphatic heterocycles. The smallest absolute Gasteiger partial charge is 0.323 e. The van der Waals surface area contributed by atoms with Crippen LogP contribution in [0.5, 0.6) is 0 Å². The highest BCUT2D eigenvalue weighted by Gasteiger charge is 2.09. The van der Waals surface area contributed by atoms with Crippen LogP contribution in [0.2, 0.25) is 0 Å². The van der Waals surface area contributed by atoms with E-state index < -0.39 is 12.1 Å². The van der Waals surface area contributed by atoms with Crippen LogP contribution in [0.3, 0.4) is 0 Å². The number of benzene rings is 3. The molecule has 0 bridgehead atoms. The van der Waals surface area contributed by atoms with E-state index in [9.17, 15) is 14.0 Å². The predicted octanol–water partition coefficient (Wildman–Crippen LogP) is 5.10. The van der Waals surface area contributed by atoms with Crippen LogP contribution in [-0.4, -0.2) is 12.1 Å². The van der Waals surface area contributed by atoms with Gasteiger partial charge in [-0.3, -0.25) is 0 Å². The molecule has 0 radical (unpaired) electrons. The van der Waals surface area contributed by atoms with E-state index in [2.05, 4.69) is 21.3 Å². The average Bonchev–Trinajstić information content (AvgIpc) is 2.70. The molecule has 0 aliphatic rings. The van der Waals surface area contributed by atoms with Gasteiger partial charge in [-0.15, -0.1) is 0 Å². The van der Waals surface area contributed by atoms with Crippen LogP contribution in [0.1, 0.15) is 11.1 Å². The first-order valence-electron chi connectivity index (χ1n) is 9.03. The number of nitrogens with one attached hydrogen (secondary N) is 4. The lowest BCUT2D eigenvalue weighted by Gasteiger charge is -2.13. The Hall–Kier alpha value is -3.87. The molecule has 4 N–H and O–H groups in total. The number of anilines is 3. The number of carbonyl (C=O) groups is 2. The largest absolute Gasteiger partial charge is 0.334 e. The summed E-state index contributed by atoms with van der Waals surface area (Å²) >= 11 is 0. The topological polar surface area (TPSA) is 82.3 Å². The van der Waals surface area contributed by atoms with Gasteiger partial charge in [-0.05, 0) is 42.8 Å². The molecule has 0 spiro atoms. The van der Waals surface area contributed by atoms with E-state index in [1.165, 1.54) is 6.07 Å². The Labute approximate surface area is 168 Å². The van der Waals surface area contributed by atoms with Gasteiger partial charge in [0.15, 0.2) is 0 Å². The Morgan fingerprint density at radius 3 is 2.24 bits per heavy atom.